The van der Waals surface area contributed by atoms with Gasteiger partial charge in [0.05, 0.1) is 13.2 Å². The Labute approximate surface area is 102 Å². The van der Waals surface area contributed by atoms with Crippen molar-refractivity contribution in [3.8, 4) is 0 Å². The minimum absolute atomic E-state index is 0. The zero-order chi connectivity index (χ0) is 11.3. The number of piperidine rings is 1. The van der Waals surface area contributed by atoms with Crippen LogP contribution in [0.3, 0.4) is 0 Å². The number of hydrogen-bond donors (Lipinski definition) is 2. The summed E-state index contributed by atoms with van der Waals surface area (Å²) in [5.41, 5.74) is 0. The largest absolute Gasteiger partial charge is 0.467 e. The van der Waals surface area contributed by atoms with Gasteiger partial charge in [-0.3, -0.25) is 4.79 Å². The fourth-order valence-electron chi connectivity index (χ4n) is 1.63. The SMILES string of the molecule is COC(=O)[C@H](C)NC(=O)[C@H]1CCCCN1.Cl. The Balaban J connectivity index is 0.00000225. The average molecular weight is 251 g/mol. The molecule has 0 saturated carbocycles. The predicted molar refractivity (Wildman–Crippen MR) is 62.5 cm³/mol. The predicted octanol–water partition coefficient (Wildman–Crippen LogP) is 0.228. The van der Waals surface area contributed by atoms with Crippen molar-refractivity contribution in [2.24, 2.45) is 0 Å². The maximum Gasteiger partial charge on any atom is 0.328 e. The molecule has 0 spiro atoms. The molecule has 6 heteroatoms. The van der Waals surface area contributed by atoms with Crippen LogP contribution < -0.4 is 10.6 Å². The van der Waals surface area contributed by atoms with Crippen molar-refractivity contribution in [2.75, 3.05) is 13.7 Å². The number of rotatable bonds is 3. The Morgan fingerprint density at radius 1 is 1.44 bits per heavy atom. The molecule has 1 aliphatic heterocycles. The fourth-order valence-corrected chi connectivity index (χ4v) is 1.63. The Morgan fingerprint density at radius 3 is 2.62 bits per heavy atom. The van der Waals surface area contributed by atoms with Gasteiger partial charge in [-0.25, -0.2) is 4.79 Å². The molecule has 0 aliphatic carbocycles. The molecule has 0 unspecified atom stereocenters. The van der Waals surface area contributed by atoms with Crippen LogP contribution in [0, 0.1) is 0 Å². The van der Waals surface area contributed by atoms with Crippen molar-refractivity contribution in [1.82, 2.24) is 10.6 Å². The number of halogens is 1. The van der Waals surface area contributed by atoms with Crippen LogP contribution in [0.25, 0.3) is 0 Å². The number of esters is 1. The summed E-state index contributed by atoms with van der Waals surface area (Å²) in [5.74, 6) is -0.535. The molecule has 2 atom stereocenters. The normalized spacial score (nSPS) is 21.5. The smallest absolute Gasteiger partial charge is 0.328 e. The topological polar surface area (TPSA) is 67.4 Å². The number of ether oxygens (including phenoxy) is 1. The summed E-state index contributed by atoms with van der Waals surface area (Å²) in [7, 11) is 1.31. The van der Waals surface area contributed by atoms with E-state index in [1.165, 1.54) is 7.11 Å². The zero-order valence-corrected chi connectivity index (χ0v) is 10.4. The molecule has 94 valence electrons. The van der Waals surface area contributed by atoms with E-state index in [4.69, 9.17) is 0 Å². The van der Waals surface area contributed by atoms with E-state index in [1.807, 2.05) is 0 Å². The number of methoxy groups -OCH3 is 1. The molecule has 2 N–H and O–H groups in total. The molecular formula is C10H19ClN2O3. The standard InChI is InChI=1S/C10H18N2O3.ClH/c1-7(10(14)15-2)12-9(13)8-5-3-4-6-11-8;/h7-8,11H,3-6H2,1-2H3,(H,12,13);1H/t7-,8+;/m0./s1. The maximum atomic E-state index is 11.6. The lowest BCUT2D eigenvalue weighted by molar-refractivity contribution is -0.144. The van der Waals surface area contributed by atoms with Crippen molar-refractivity contribution >= 4 is 24.3 Å². The molecule has 1 amide bonds. The van der Waals surface area contributed by atoms with E-state index in [2.05, 4.69) is 15.4 Å². The number of hydrogen-bond acceptors (Lipinski definition) is 4. The summed E-state index contributed by atoms with van der Waals surface area (Å²) in [6.07, 6.45) is 2.99. The Bertz CT molecular complexity index is 242. The molecule has 5 nitrogen and oxygen atoms in total. The number of carbonyl (C=O) groups excluding carboxylic acids is 2. The Hall–Kier alpha value is -0.810. The van der Waals surface area contributed by atoms with E-state index >= 15 is 0 Å². The third-order valence-corrected chi connectivity index (χ3v) is 2.54. The highest BCUT2D eigenvalue weighted by atomic mass is 35.5. The van der Waals surface area contributed by atoms with Crippen LogP contribution in [0.5, 0.6) is 0 Å². The molecule has 16 heavy (non-hydrogen) atoms. The zero-order valence-electron chi connectivity index (χ0n) is 9.62. The third kappa shape index (κ3) is 4.37. The molecule has 1 fully saturated rings. The molecular weight excluding hydrogens is 232 g/mol. The first-order valence-electron chi connectivity index (χ1n) is 5.26. The first-order valence-corrected chi connectivity index (χ1v) is 5.26. The highest BCUT2D eigenvalue weighted by Gasteiger charge is 2.23. The van der Waals surface area contributed by atoms with Crippen molar-refractivity contribution in [3.05, 3.63) is 0 Å². The van der Waals surface area contributed by atoms with Crippen LogP contribution in [-0.2, 0) is 14.3 Å². The fraction of sp³-hybridized carbons (Fsp3) is 0.800. The van der Waals surface area contributed by atoms with E-state index in [1.54, 1.807) is 6.92 Å². The maximum absolute atomic E-state index is 11.6. The monoisotopic (exact) mass is 250 g/mol. The second kappa shape index (κ2) is 7.46. The quantitative estimate of drug-likeness (QED) is 0.704. The molecule has 0 aromatic heterocycles. The second-order valence-electron chi connectivity index (χ2n) is 3.76. The van der Waals surface area contributed by atoms with Gasteiger partial charge in [0.2, 0.25) is 5.91 Å². The van der Waals surface area contributed by atoms with Gasteiger partial charge in [-0.1, -0.05) is 6.42 Å². The van der Waals surface area contributed by atoms with Crippen molar-refractivity contribution in [3.63, 3.8) is 0 Å². The van der Waals surface area contributed by atoms with E-state index < -0.39 is 12.0 Å². The summed E-state index contributed by atoms with van der Waals surface area (Å²) >= 11 is 0. The van der Waals surface area contributed by atoms with Crippen LogP contribution in [0.1, 0.15) is 26.2 Å². The van der Waals surface area contributed by atoms with Gasteiger partial charge in [0.15, 0.2) is 0 Å². The van der Waals surface area contributed by atoms with Gasteiger partial charge in [0.1, 0.15) is 6.04 Å². The minimum atomic E-state index is -0.578. The average Bonchev–Trinajstić information content (AvgIpc) is 2.29. The van der Waals surface area contributed by atoms with Crippen LogP contribution in [0.15, 0.2) is 0 Å². The molecule has 0 radical (unpaired) electrons. The molecule has 1 saturated heterocycles. The molecule has 1 rings (SSSR count). The van der Waals surface area contributed by atoms with Gasteiger partial charge < -0.3 is 15.4 Å². The molecule has 1 heterocycles. The lowest BCUT2D eigenvalue weighted by Crippen LogP contribution is -2.50. The Morgan fingerprint density at radius 2 is 2.12 bits per heavy atom. The highest BCUT2D eigenvalue weighted by Crippen LogP contribution is 2.07. The number of carbonyl (C=O) groups is 2. The van der Waals surface area contributed by atoms with Gasteiger partial charge in [-0.2, -0.15) is 0 Å². The van der Waals surface area contributed by atoms with Gasteiger partial charge in [0, 0.05) is 0 Å². The second-order valence-corrected chi connectivity index (χ2v) is 3.76. The molecule has 0 bridgehead atoms. The lowest BCUT2D eigenvalue weighted by atomic mass is 10.0. The van der Waals surface area contributed by atoms with Crippen molar-refractivity contribution in [2.45, 2.75) is 38.3 Å². The highest BCUT2D eigenvalue weighted by molar-refractivity contribution is 5.87. The third-order valence-electron chi connectivity index (χ3n) is 2.54. The summed E-state index contributed by atoms with van der Waals surface area (Å²) in [6.45, 7) is 2.48. The van der Waals surface area contributed by atoms with Gasteiger partial charge in [0.25, 0.3) is 0 Å². The van der Waals surface area contributed by atoms with E-state index in [0.29, 0.717) is 0 Å². The summed E-state index contributed by atoms with van der Waals surface area (Å²) in [4.78, 5) is 22.7. The molecule has 0 aromatic carbocycles. The lowest BCUT2D eigenvalue weighted by Gasteiger charge is -2.23. The summed E-state index contributed by atoms with van der Waals surface area (Å²) in [6, 6.07) is -0.739. The van der Waals surface area contributed by atoms with Gasteiger partial charge in [-0.15, -0.1) is 12.4 Å². The minimum Gasteiger partial charge on any atom is -0.467 e. The van der Waals surface area contributed by atoms with Crippen LogP contribution in [0.2, 0.25) is 0 Å². The number of amides is 1. The van der Waals surface area contributed by atoms with E-state index in [0.717, 1.165) is 25.8 Å². The van der Waals surface area contributed by atoms with Crippen molar-refractivity contribution < 1.29 is 14.3 Å². The van der Waals surface area contributed by atoms with Crippen LogP contribution >= 0.6 is 12.4 Å². The van der Waals surface area contributed by atoms with Crippen molar-refractivity contribution in [1.29, 1.82) is 0 Å². The van der Waals surface area contributed by atoms with Gasteiger partial charge in [-0.05, 0) is 26.3 Å². The summed E-state index contributed by atoms with van der Waals surface area (Å²) < 4.78 is 4.53. The first-order chi connectivity index (χ1) is 7.15. The first kappa shape index (κ1) is 15.2. The van der Waals surface area contributed by atoms with Crippen LogP contribution in [-0.4, -0.2) is 37.6 Å². The van der Waals surface area contributed by atoms with E-state index in [9.17, 15) is 9.59 Å². The number of nitrogens with one attached hydrogen (secondary N) is 2. The molecule has 1 aliphatic rings. The Kier molecular flexibility index (Phi) is 7.08. The van der Waals surface area contributed by atoms with Gasteiger partial charge >= 0.3 is 5.97 Å². The van der Waals surface area contributed by atoms with E-state index in [-0.39, 0.29) is 24.4 Å². The van der Waals surface area contributed by atoms with Crippen LogP contribution in [0.4, 0.5) is 0 Å². The summed E-state index contributed by atoms with van der Waals surface area (Å²) in [5, 5.41) is 5.74. The molecule has 0 aromatic rings.